The summed E-state index contributed by atoms with van der Waals surface area (Å²) >= 11 is 6.41. The molecule has 1 aliphatic heterocycles. The number of carboxylic acids is 1. The highest BCUT2D eigenvalue weighted by Gasteiger charge is 2.24. The lowest BCUT2D eigenvalue weighted by Gasteiger charge is -2.21. The lowest BCUT2D eigenvalue weighted by molar-refractivity contribution is 0.0696. The zero-order valence-electron chi connectivity index (χ0n) is 19.3. The Bertz CT molecular complexity index is 1500. The molecule has 36 heavy (non-hydrogen) atoms. The summed E-state index contributed by atoms with van der Waals surface area (Å²) < 4.78 is 5.33. The normalized spacial score (nSPS) is 12.4. The second-order valence-electron chi connectivity index (χ2n) is 8.32. The van der Waals surface area contributed by atoms with Crippen molar-refractivity contribution in [1.29, 1.82) is 0 Å². The second-order valence-corrected chi connectivity index (χ2v) is 8.73. The molecule has 180 valence electrons. The molecular formula is C28H22ClN3O4. The fraction of sp³-hybridized carbons (Fsp3) is 0.107. The van der Waals surface area contributed by atoms with Crippen LogP contribution in [0.4, 0.5) is 11.4 Å². The average Bonchev–Trinajstić information content (AvgIpc) is 2.89. The number of nitrogens with one attached hydrogen (secondary N) is 2. The number of aromatic carboxylic acids is 1. The number of carbonyl (C=O) groups excluding carboxylic acids is 1. The Morgan fingerprint density at radius 2 is 1.86 bits per heavy atom. The van der Waals surface area contributed by atoms with E-state index in [2.05, 4.69) is 10.6 Å². The number of carboxylic acid groups (broad SMARTS) is 1. The van der Waals surface area contributed by atoms with Crippen LogP contribution in [-0.2, 0) is 6.42 Å². The number of carbonyl (C=O) groups is 2. The van der Waals surface area contributed by atoms with Crippen LogP contribution in [0.25, 0.3) is 22.4 Å². The minimum absolute atomic E-state index is 0.155. The molecule has 4 aromatic rings. The summed E-state index contributed by atoms with van der Waals surface area (Å²) in [6, 6.07) is 21.5. The number of hydrogen-bond acceptors (Lipinski definition) is 5. The molecule has 1 aromatic heterocycles. The van der Waals surface area contributed by atoms with Gasteiger partial charge in [0.2, 0.25) is 0 Å². The second kappa shape index (κ2) is 9.71. The number of pyridine rings is 1. The molecule has 0 unspecified atom stereocenters. The van der Waals surface area contributed by atoms with Gasteiger partial charge < -0.3 is 20.5 Å². The van der Waals surface area contributed by atoms with E-state index in [-0.39, 0.29) is 11.5 Å². The molecule has 3 aromatic carbocycles. The summed E-state index contributed by atoms with van der Waals surface area (Å²) in [6.07, 6.45) is 0.605. The number of fused-ring (bicyclic) bond motifs is 1. The summed E-state index contributed by atoms with van der Waals surface area (Å²) in [5, 5.41) is 16.1. The van der Waals surface area contributed by atoms with Crippen LogP contribution >= 0.6 is 11.6 Å². The summed E-state index contributed by atoms with van der Waals surface area (Å²) in [6.45, 7) is 0.512. The molecule has 1 aliphatic rings. The van der Waals surface area contributed by atoms with Gasteiger partial charge in [-0.1, -0.05) is 35.9 Å². The van der Waals surface area contributed by atoms with Crippen LogP contribution in [0, 0.1) is 0 Å². The van der Waals surface area contributed by atoms with Crippen LogP contribution < -0.4 is 15.4 Å². The highest BCUT2D eigenvalue weighted by Crippen LogP contribution is 2.35. The lowest BCUT2D eigenvalue weighted by Crippen LogP contribution is -2.33. The standard InChI is InChI=1S/C28H22ClN3O4/c1-36-20-7-3-6-19(14-20)31-25-15-24(32-23-10-11-30-27(33)26(23)25)17-5-2-4-16(12-17)21-13-18(28(34)35)8-9-22(21)29/h2-9,12-15H,10-11H2,1H3,(H,30,33)(H,31,32)(H,34,35). The van der Waals surface area contributed by atoms with Crippen molar-refractivity contribution in [3.8, 4) is 28.1 Å². The molecule has 0 radical (unpaired) electrons. The number of amides is 1. The van der Waals surface area contributed by atoms with Crippen LogP contribution in [0.3, 0.4) is 0 Å². The van der Waals surface area contributed by atoms with Gasteiger partial charge in [0.15, 0.2) is 0 Å². The van der Waals surface area contributed by atoms with Gasteiger partial charge in [0, 0.05) is 40.9 Å². The van der Waals surface area contributed by atoms with Crippen molar-refractivity contribution >= 4 is 34.9 Å². The minimum atomic E-state index is -1.02. The Labute approximate surface area is 212 Å². The van der Waals surface area contributed by atoms with Crippen molar-refractivity contribution < 1.29 is 19.4 Å². The molecule has 0 saturated carbocycles. The van der Waals surface area contributed by atoms with Gasteiger partial charge >= 0.3 is 5.97 Å². The van der Waals surface area contributed by atoms with Gasteiger partial charge in [0.25, 0.3) is 5.91 Å². The van der Waals surface area contributed by atoms with E-state index in [1.807, 2.05) is 54.6 Å². The van der Waals surface area contributed by atoms with E-state index in [4.69, 9.17) is 21.3 Å². The Morgan fingerprint density at radius 3 is 2.67 bits per heavy atom. The number of methoxy groups -OCH3 is 1. The highest BCUT2D eigenvalue weighted by atomic mass is 35.5. The molecule has 2 heterocycles. The van der Waals surface area contributed by atoms with E-state index >= 15 is 0 Å². The van der Waals surface area contributed by atoms with Crippen molar-refractivity contribution in [3.05, 3.63) is 94.6 Å². The van der Waals surface area contributed by atoms with Gasteiger partial charge in [-0.3, -0.25) is 9.78 Å². The van der Waals surface area contributed by atoms with Crippen LogP contribution in [0.1, 0.15) is 26.4 Å². The molecule has 0 aliphatic carbocycles. The van der Waals surface area contributed by atoms with E-state index in [1.165, 1.54) is 6.07 Å². The first-order valence-electron chi connectivity index (χ1n) is 11.3. The SMILES string of the molecule is COc1cccc(Nc2cc(-c3cccc(-c4cc(C(=O)O)ccc4Cl)c3)nc3c2C(=O)NCC3)c1. The number of hydrogen-bond donors (Lipinski definition) is 3. The molecule has 1 amide bonds. The van der Waals surface area contributed by atoms with Gasteiger partial charge in [0.1, 0.15) is 5.75 Å². The Hall–Kier alpha value is -4.36. The molecule has 7 nitrogen and oxygen atoms in total. The van der Waals surface area contributed by atoms with E-state index < -0.39 is 5.97 Å². The molecule has 3 N–H and O–H groups in total. The van der Waals surface area contributed by atoms with Gasteiger partial charge in [-0.2, -0.15) is 0 Å². The maximum atomic E-state index is 12.8. The number of halogens is 1. The number of nitrogens with zero attached hydrogens (tertiary/aromatic N) is 1. The van der Waals surface area contributed by atoms with Crippen LogP contribution in [-0.4, -0.2) is 35.6 Å². The molecule has 5 rings (SSSR count). The number of benzene rings is 3. The Kier molecular flexibility index (Phi) is 6.31. The van der Waals surface area contributed by atoms with Gasteiger partial charge in [-0.25, -0.2) is 4.79 Å². The van der Waals surface area contributed by atoms with Crippen molar-refractivity contribution in [1.82, 2.24) is 10.3 Å². The van der Waals surface area contributed by atoms with E-state index in [0.29, 0.717) is 51.9 Å². The minimum Gasteiger partial charge on any atom is -0.497 e. The first-order valence-corrected chi connectivity index (χ1v) is 11.7. The number of rotatable bonds is 6. The van der Waals surface area contributed by atoms with Crippen LogP contribution in [0.2, 0.25) is 5.02 Å². The summed E-state index contributed by atoms with van der Waals surface area (Å²) in [5.74, 6) is -0.501. The molecule has 0 fully saturated rings. The van der Waals surface area contributed by atoms with Gasteiger partial charge in [-0.05, 0) is 48.0 Å². The molecule has 0 saturated heterocycles. The number of ether oxygens (including phenoxy) is 1. The first-order chi connectivity index (χ1) is 17.4. The van der Waals surface area contributed by atoms with Crippen LogP contribution in [0.5, 0.6) is 5.75 Å². The number of aromatic nitrogens is 1. The molecular weight excluding hydrogens is 478 g/mol. The predicted octanol–water partition coefficient (Wildman–Crippen LogP) is 5.81. The van der Waals surface area contributed by atoms with E-state index in [9.17, 15) is 14.7 Å². The first kappa shape index (κ1) is 23.4. The zero-order valence-corrected chi connectivity index (χ0v) is 20.1. The van der Waals surface area contributed by atoms with E-state index in [0.717, 1.165) is 16.8 Å². The van der Waals surface area contributed by atoms with Gasteiger partial charge in [0.05, 0.1) is 35.3 Å². The molecule has 0 spiro atoms. The quantitative estimate of drug-likeness (QED) is 0.310. The van der Waals surface area contributed by atoms with Crippen LogP contribution in [0.15, 0.2) is 72.8 Å². The highest BCUT2D eigenvalue weighted by molar-refractivity contribution is 6.33. The van der Waals surface area contributed by atoms with Crippen molar-refractivity contribution in [2.45, 2.75) is 6.42 Å². The molecule has 0 bridgehead atoms. The Balaban J connectivity index is 1.60. The Morgan fingerprint density at radius 1 is 1.06 bits per heavy atom. The topological polar surface area (TPSA) is 101 Å². The number of anilines is 2. The third-order valence-corrected chi connectivity index (χ3v) is 6.33. The van der Waals surface area contributed by atoms with Gasteiger partial charge in [-0.15, -0.1) is 0 Å². The monoisotopic (exact) mass is 499 g/mol. The zero-order chi connectivity index (χ0) is 25.2. The summed E-state index contributed by atoms with van der Waals surface area (Å²) in [5.41, 5.74) is 5.66. The fourth-order valence-electron chi connectivity index (χ4n) is 4.24. The third-order valence-electron chi connectivity index (χ3n) is 6.00. The summed E-state index contributed by atoms with van der Waals surface area (Å²) in [7, 11) is 1.60. The third kappa shape index (κ3) is 4.61. The molecule has 8 heteroatoms. The van der Waals surface area contributed by atoms with Crippen molar-refractivity contribution in [2.24, 2.45) is 0 Å². The smallest absolute Gasteiger partial charge is 0.335 e. The largest absolute Gasteiger partial charge is 0.497 e. The maximum absolute atomic E-state index is 12.8. The van der Waals surface area contributed by atoms with E-state index in [1.54, 1.807) is 19.2 Å². The molecule has 0 atom stereocenters. The average molecular weight is 500 g/mol. The lowest BCUT2D eigenvalue weighted by atomic mass is 9.97. The maximum Gasteiger partial charge on any atom is 0.335 e. The predicted molar refractivity (Wildman–Crippen MR) is 139 cm³/mol. The van der Waals surface area contributed by atoms with Crippen molar-refractivity contribution in [2.75, 3.05) is 19.0 Å². The van der Waals surface area contributed by atoms with Crippen molar-refractivity contribution in [3.63, 3.8) is 0 Å². The summed E-state index contributed by atoms with van der Waals surface area (Å²) in [4.78, 5) is 29.0. The fourth-order valence-corrected chi connectivity index (χ4v) is 4.47.